The lowest BCUT2D eigenvalue weighted by Crippen LogP contribution is -2.42. The summed E-state index contributed by atoms with van der Waals surface area (Å²) in [6, 6.07) is 7.65. The average molecular weight is 449 g/mol. The van der Waals surface area contributed by atoms with E-state index in [9.17, 15) is 10.1 Å². The smallest absolute Gasteiger partial charge is 0.410 e. The molecule has 1 amide bonds. The van der Waals surface area contributed by atoms with Crippen LogP contribution in [0.1, 0.15) is 88.3 Å². The van der Waals surface area contributed by atoms with Gasteiger partial charge in [-0.05, 0) is 71.6 Å². The highest BCUT2D eigenvalue weighted by molar-refractivity contribution is 5.69. The van der Waals surface area contributed by atoms with Crippen LogP contribution in [0.2, 0.25) is 0 Å². The minimum absolute atomic E-state index is 0.0174. The zero-order valence-corrected chi connectivity index (χ0v) is 19.7. The topological polar surface area (TPSA) is 104 Å². The number of hydrogen-bond donors (Lipinski definition) is 1. The van der Waals surface area contributed by atoms with Gasteiger partial charge in [-0.2, -0.15) is 5.26 Å². The van der Waals surface area contributed by atoms with Crippen LogP contribution in [-0.2, 0) is 4.74 Å². The average Bonchev–Trinajstić information content (AvgIpc) is 2.83. The van der Waals surface area contributed by atoms with E-state index in [0.717, 1.165) is 45.1 Å². The minimum atomic E-state index is -0.598. The van der Waals surface area contributed by atoms with Gasteiger partial charge in [0, 0.05) is 12.7 Å². The van der Waals surface area contributed by atoms with Gasteiger partial charge in [-0.1, -0.05) is 12.5 Å². The molecular formula is C25H32N6O2. The largest absolute Gasteiger partial charge is 0.444 e. The SMILES string of the molecule is CC(C)(C)OC(=O)N1CCCCC1c1nc(-c2ccccn2)nc(C2CCCCN2)c1C#N. The molecular weight excluding hydrogens is 416 g/mol. The Hall–Kier alpha value is -3.05. The molecule has 2 atom stereocenters. The molecule has 0 spiro atoms. The number of rotatable bonds is 3. The predicted molar refractivity (Wildman–Crippen MR) is 124 cm³/mol. The number of carbonyl (C=O) groups is 1. The van der Waals surface area contributed by atoms with Crippen molar-refractivity contribution in [1.82, 2.24) is 25.2 Å². The van der Waals surface area contributed by atoms with Crippen LogP contribution in [0.25, 0.3) is 11.5 Å². The summed E-state index contributed by atoms with van der Waals surface area (Å²) in [5, 5.41) is 13.7. The van der Waals surface area contributed by atoms with Crippen molar-refractivity contribution < 1.29 is 9.53 Å². The van der Waals surface area contributed by atoms with E-state index in [4.69, 9.17) is 14.7 Å². The summed E-state index contributed by atoms with van der Waals surface area (Å²) >= 11 is 0. The van der Waals surface area contributed by atoms with Gasteiger partial charge in [-0.3, -0.25) is 9.88 Å². The first kappa shape index (κ1) is 23.1. The van der Waals surface area contributed by atoms with E-state index in [1.54, 1.807) is 11.1 Å². The number of carbonyl (C=O) groups excluding carboxylic acids is 1. The Bertz CT molecular complexity index is 1020. The van der Waals surface area contributed by atoms with Crippen LogP contribution in [0.15, 0.2) is 24.4 Å². The molecule has 0 aliphatic carbocycles. The normalized spacial score (nSPS) is 21.3. The first-order valence-electron chi connectivity index (χ1n) is 11.8. The van der Waals surface area contributed by atoms with Gasteiger partial charge in [-0.25, -0.2) is 14.8 Å². The molecule has 8 nitrogen and oxygen atoms in total. The monoisotopic (exact) mass is 448 g/mol. The zero-order valence-electron chi connectivity index (χ0n) is 19.7. The lowest BCUT2D eigenvalue weighted by Gasteiger charge is -2.37. The van der Waals surface area contributed by atoms with Crippen molar-refractivity contribution in [2.75, 3.05) is 13.1 Å². The molecule has 33 heavy (non-hydrogen) atoms. The third kappa shape index (κ3) is 5.31. The summed E-state index contributed by atoms with van der Waals surface area (Å²) in [5.41, 5.74) is 1.83. The Morgan fingerprint density at radius 2 is 1.94 bits per heavy atom. The summed E-state index contributed by atoms with van der Waals surface area (Å²) in [4.78, 5) is 28.9. The lowest BCUT2D eigenvalue weighted by molar-refractivity contribution is 0.00895. The fourth-order valence-electron chi connectivity index (χ4n) is 4.55. The quantitative estimate of drug-likeness (QED) is 0.726. The highest BCUT2D eigenvalue weighted by Gasteiger charge is 2.36. The maximum atomic E-state index is 13.1. The number of nitriles is 1. The highest BCUT2D eigenvalue weighted by atomic mass is 16.6. The van der Waals surface area contributed by atoms with E-state index < -0.39 is 5.60 Å². The number of pyridine rings is 1. The van der Waals surface area contributed by atoms with Crippen molar-refractivity contribution in [3.8, 4) is 17.6 Å². The maximum Gasteiger partial charge on any atom is 0.410 e. The van der Waals surface area contributed by atoms with Crippen molar-refractivity contribution in [2.24, 2.45) is 0 Å². The number of amides is 1. The van der Waals surface area contributed by atoms with Crippen LogP contribution >= 0.6 is 0 Å². The van der Waals surface area contributed by atoms with Gasteiger partial charge < -0.3 is 10.1 Å². The molecule has 174 valence electrons. The number of hydrogen-bond acceptors (Lipinski definition) is 7. The number of likely N-dealkylation sites (tertiary alicyclic amines) is 1. The van der Waals surface area contributed by atoms with Gasteiger partial charge in [0.1, 0.15) is 17.4 Å². The molecule has 1 N–H and O–H groups in total. The van der Waals surface area contributed by atoms with E-state index in [2.05, 4.69) is 16.4 Å². The molecule has 0 saturated carbocycles. The van der Waals surface area contributed by atoms with E-state index in [1.165, 1.54) is 0 Å². The van der Waals surface area contributed by atoms with Crippen molar-refractivity contribution in [3.63, 3.8) is 0 Å². The van der Waals surface area contributed by atoms with E-state index in [-0.39, 0.29) is 18.2 Å². The lowest BCUT2D eigenvalue weighted by atomic mass is 9.92. The van der Waals surface area contributed by atoms with Crippen molar-refractivity contribution in [2.45, 2.75) is 77.0 Å². The minimum Gasteiger partial charge on any atom is -0.444 e. The Labute approximate surface area is 195 Å². The van der Waals surface area contributed by atoms with Crippen molar-refractivity contribution >= 4 is 6.09 Å². The standard InChI is InChI=1S/C25H32N6O2/c1-25(2,3)33-24(32)31-15-9-6-12-20(31)22-17(16-26)21(18-10-4-7-13-27-18)29-23(30-22)19-11-5-8-14-28-19/h5,8,11,14,18,20,27H,4,6-7,9-10,12-13,15H2,1-3H3. The fraction of sp³-hybridized carbons (Fsp3) is 0.560. The molecule has 2 aliphatic heterocycles. The van der Waals surface area contributed by atoms with Crippen LogP contribution in [0, 0.1) is 11.3 Å². The molecule has 0 radical (unpaired) electrons. The number of nitrogens with zero attached hydrogens (tertiary/aromatic N) is 5. The van der Waals surface area contributed by atoms with E-state index in [0.29, 0.717) is 35.0 Å². The summed E-state index contributed by atoms with van der Waals surface area (Å²) in [7, 11) is 0. The first-order chi connectivity index (χ1) is 15.9. The van der Waals surface area contributed by atoms with Crippen LogP contribution in [-0.4, -0.2) is 44.6 Å². The number of piperidine rings is 2. The maximum absolute atomic E-state index is 13.1. The second-order valence-electron chi connectivity index (χ2n) is 9.71. The van der Waals surface area contributed by atoms with E-state index in [1.807, 2.05) is 39.0 Å². The molecule has 2 aromatic heterocycles. The van der Waals surface area contributed by atoms with Gasteiger partial charge in [0.05, 0.1) is 29.0 Å². The number of aromatic nitrogens is 3. The van der Waals surface area contributed by atoms with Crippen LogP contribution in [0.5, 0.6) is 0 Å². The second kappa shape index (κ2) is 9.84. The summed E-state index contributed by atoms with van der Waals surface area (Å²) < 4.78 is 5.70. The Morgan fingerprint density at radius 3 is 2.61 bits per heavy atom. The third-order valence-electron chi connectivity index (χ3n) is 6.06. The zero-order chi connectivity index (χ0) is 23.4. The molecule has 0 aromatic carbocycles. The number of ether oxygens (including phenoxy) is 1. The van der Waals surface area contributed by atoms with Gasteiger partial charge in [0.15, 0.2) is 5.82 Å². The van der Waals surface area contributed by atoms with Gasteiger partial charge in [0.25, 0.3) is 0 Å². The molecule has 2 saturated heterocycles. The molecule has 4 heterocycles. The number of nitrogens with one attached hydrogen (secondary N) is 1. The summed E-state index contributed by atoms with van der Waals surface area (Å²) in [6.45, 7) is 7.05. The van der Waals surface area contributed by atoms with Gasteiger partial charge in [0.2, 0.25) is 0 Å². The van der Waals surface area contributed by atoms with Gasteiger partial charge >= 0.3 is 6.09 Å². The first-order valence-corrected chi connectivity index (χ1v) is 11.8. The van der Waals surface area contributed by atoms with Crippen LogP contribution < -0.4 is 5.32 Å². The van der Waals surface area contributed by atoms with E-state index >= 15 is 0 Å². The highest BCUT2D eigenvalue weighted by Crippen LogP contribution is 2.36. The summed E-state index contributed by atoms with van der Waals surface area (Å²) in [6.07, 6.45) is 7.01. The predicted octanol–water partition coefficient (Wildman–Crippen LogP) is 4.69. The third-order valence-corrected chi connectivity index (χ3v) is 6.06. The molecule has 2 fully saturated rings. The van der Waals surface area contributed by atoms with Crippen molar-refractivity contribution in [3.05, 3.63) is 41.3 Å². The molecule has 2 unspecified atom stereocenters. The fourth-order valence-corrected chi connectivity index (χ4v) is 4.55. The molecule has 4 rings (SSSR count). The Kier molecular flexibility index (Phi) is 6.89. The Balaban J connectivity index is 1.83. The second-order valence-corrected chi connectivity index (χ2v) is 9.71. The molecule has 8 heteroatoms. The molecule has 2 aromatic rings. The van der Waals surface area contributed by atoms with Crippen LogP contribution in [0.3, 0.4) is 0 Å². The molecule has 0 bridgehead atoms. The Morgan fingerprint density at radius 1 is 1.15 bits per heavy atom. The molecule has 2 aliphatic rings. The van der Waals surface area contributed by atoms with Crippen LogP contribution in [0.4, 0.5) is 4.79 Å². The van der Waals surface area contributed by atoms with Crippen molar-refractivity contribution in [1.29, 1.82) is 5.26 Å². The summed E-state index contributed by atoms with van der Waals surface area (Å²) in [5.74, 6) is 0.488. The van der Waals surface area contributed by atoms with Gasteiger partial charge in [-0.15, -0.1) is 0 Å².